The fourth-order valence-corrected chi connectivity index (χ4v) is 2.40. The number of carbonyl (C=O) groups is 1. The van der Waals surface area contributed by atoms with Crippen LogP contribution in [0.3, 0.4) is 0 Å². The van der Waals surface area contributed by atoms with Gasteiger partial charge in [0.1, 0.15) is 12.7 Å². The van der Waals surface area contributed by atoms with Gasteiger partial charge in [-0.05, 0) is 11.1 Å². The Morgan fingerprint density at radius 2 is 1.47 bits per heavy atom. The summed E-state index contributed by atoms with van der Waals surface area (Å²) in [6.45, 7) is 0.114. The van der Waals surface area contributed by atoms with E-state index in [1.54, 1.807) is 0 Å². The van der Waals surface area contributed by atoms with Gasteiger partial charge in [-0.15, -0.1) is 0 Å². The predicted molar refractivity (Wildman–Crippen MR) is 72.5 cm³/mol. The third-order valence-corrected chi connectivity index (χ3v) is 3.30. The van der Waals surface area contributed by atoms with Crippen LogP contribution in [-0.2, 0) is 9.53 Å². The van der Waals surface area contributed by atoms with E-state index >= 15 is 0 Å². The molecule has 1 fully saturated rings. The molecule has 0 bridgehead atoms. The Morgan fingerprint density at radius 1 is 0.895 bits per heavy atom. The third kappa shape index (κ3) is 2.51. The fourth-order valence-electron chi connectivity index (χ4n) is 2.40. The molecular weight excluding hydrogens is 238 g/mol. The van der Waals surface area contributed by atoms with E-state index in [1.807, 2.05) is 60.7 Å². The highest BCUT2D eigenvalue weighted by molar-refractivity contribution is 5.78. The van der Waals surface area contributed by atoms with E-state index in [0.717, 1.165) is 11.1 Å². The minimum Gasteiger partial charge on any atom is -0.361 e. The van der Waals surface area contributed by atoms with Gasteiger partial charge in [0.15, 0.2) is 0 Å². The van der Waals surface area contributed by atoms with Crippen LogP contribution >= 0.6 is 0 Å². The second-order valence-corrected chi connectivity index (χ2v) is 4.60. The molecule has 3 nitrogen and oxygen atoms in total. The smallest absolute Gasteiger partial charge is 0.246 e. The standard InChI is InChI=1S/C16H15NO2/c18-14-11-19-16(13-9-5-2-6-10-13)15(17-14)12-7-3-1-4-8-12/h1-10,15-16H,11H2,(H,17,18). The molecule has 0 aromatic heterocycles. The lowest BCUT2D eigenvalue weighted by Gasteiger charge is -2.33. The molecule has 2 aromatic carbocycles. The van der Waals surface area contributed by atoms with E-state index in [1.165, 1.54) is 0 Å². The third-order valence-electron chi connectivity index (χ3n) is 3.30. The van der Waals surface area contributed by atoms with Gasteiger partial charge in [0.05, 0.1) is 6.04 Å². The number of carbonyl (C=O) groups excluding carboxylic acids is 1. The number of hydrogen-bond acceptors (Lipinski definition) is 2. The maximum Gasteiger partial charge on any atom is 0.246 e. The van der Waals surface area contributed by atoms with Gasteiger partial charge in [-0.3, -0.25) is 4.79 Å². The van der Waals surface area contributed by atoms with E-state index in [9.17, 15) is 4.79 Å². The first-order valence-corrected chi connectivity index (χ1v) is 6.35. The average molecular weight is 253 g/mol. The van der Waals surface area contributed by atoms with Crippen LogP contribution in [0, 0.1) is 0 Å². The molecule has 0 spiro atoms. The van der Waals surface area contributed by atoms with Crippen molar-refractivity contribution in [3.8, 4) is 0 Å². The summed E-state index contributed by atoms with van der Waals surface area (Å²) in [6, 6.07) is 19.8. The van der Waals surface area contributed by atoms with Gasteiger partial charge in [0.25, 0.3) is 0 Å². The Kier molecular flexibility index (Phi) is 3.29. The number of benzene rings is 2. The molecule has 0 aliphatic carbocycles. The number of rotatable bonds is 2. The van der Waals surface area contributed by atoms with E-state index in [-0.39, 0.29) is 24.7 Å². The van der Waals surface area contributed by atoms with Crippen molar-refractivity contribution in [1.29, 1.82) is 0 Å². The Balaban J connectivity index is 1.95. The Hall–Kier alpha value is -2.13. The first-order valence-electron chi connectivity index (χ1n) is 6.35. The lowest BCUT2D eigenvalue weighted by atomic mass is 9.94. The summed E-state index contributed by atoms with van der Waals surface area (Å²) in [5.41, 5.74) is 2.14. The van der Waals surface area contributed by atoms with Crippen molar-refractivity contribution < 1.29 is 9.53 Å². The second-order valence-electron chi connectivity index (χ2n) is 4.60. The van der Waals surface area contributed by atoms with Crippen molar-refractivity contribution in [3.63, 3.8) is 0 Å². The highest BCUT2D eigenvalue weighted by Crippen LogP contribution is 2.34. The first kappa shape index (κ1) is 11.9. The van der Waals surface area contributed by atoms with E-state index in [4.69, 9.17) is 4.74 Å². The van der Waals surface area contributed by atoms with Crippen LogP contribution in [0.4, 0.5) is 0 Å². The van der Waals surface area contributed by atoms with Crippen LogP contribution in [0.25, 0.3) is 0 Å². The summed E-state index contributed by atoms with van der Waals surface area (Å²) in [4.78, 5) is 11.6. The van der Waals surface area contributed by atoms with E-state index < -0.39 is 0 Å². The summed E-state index contributed by atoms with van der Waals surface area (Å²) >= 11 is 0. The zero-order chi connectivity index (χ0) is 13.1. The molecule has 2 unspecified atom stereocenters. The Bertz CT molecular complexity index is 553. The average Bonchev–Trinajstić information content (AvgIpc) is 2.49. The number of ether oxygens (including phenoxy) is 1. The molecular formula is C16H15NO2. The number of nitrogens with one attached hydrogen (secondary N) is 1. The maximum atomic E-state index is 11.6. The van der Waals surface area contributed by atoms with Gasteiger partial charge < -0.3 is 10.1 Å². The highest BCUT2D eigenvalue weighted by Gasteiger charge is 2.31. The van der Waals surface area contributed by atoms with Crippen molar-refractivity contribution in [2.75, 3.05) is 6.61 Å². The van der Waals surface area contributed by atoms with Crippen molar-refractivity contribution in [3.05, 3.63) is 71.8 Å². The molecule has 2 atom stereocenters. The molecule has 1 saturated heterocycles. The molecule has 2 aromatic rings. The molecule has 3 rings (SSSR count). The summed E-state index contributed by atoms with van der Waals surface area (Å²) in [6.07, 6.45) is -0.138. The van der Waals surface area contributed by atoms with Gasteiger partial charge in [0.2, 0.25) is 5.91 Å². The topological polar surface area (TPSA) is 38.3 Å². The van der Waals surface area contributed by atoms with Gasteiger partial charge in [-0.1, -0.05) is 60.7 Å². The minimum absolute atomic E-state index is 0.0685. The first-order chi connectivity index (χ1) is 9.34. The number of amides is 1. The zero-order valence-corrected chi connectivity index (χ0v) is 10.5. The summed E-state index contributed by atoms with van der Waals surface area (Å²) in [5.74, 6) is -0.0685. The SMILES string of the molecule is O=C1COC(c2ccccc2)C(c2ccccc2)N1. The lowest BCUT2D eigenvalue weighted by Crippen LogP contribution is -2.41. The van der Waals surface area contributed by atoms with Gasteiger partial charge >= 0.3 is 0 Å². The molecule has 96 valence electrons. The van der Waals surface area contributed by atoms with Crippen LogP contribution in [0.1, 0.15) is 23.3 Å². The maximum absolute atomic E-state index is 11.6. The molecule has 1 aliphatic rings. The van der Waals surface area contributed by atoms with E-state index in [2.05, 4.69) is 5.32 Å². The van der Waals surface area contributed by atoms with Crippen molar-refractivity contribution >= 4 is 5.91 Å². The largest absolute Gasteiger partial charge is 0.361 e. The summed E-state index contributed by atoms with van der Waals surface area (Å²) in [5, 5.41) is 3.02. The molecule has 3 heteroatoms. The highest BCUT2D eigenvalue weighted by atomic mass is 16.5. The molecule has 0 saturated carbocycles. The van der Waals surface area contributed by atoms with Crippen LogP contribution in [0.15, 0.2) is 60.7 Å². The minimum atomic E-state index is -0.138. The second kappa shape index (κ2) is 5.24. The van der Waals surface area contributed by atoms with Gasteiger partial charge in [-0.25, -0.2) is 0 Å². The van der Waals surface area contributed by atoms with Gasteiger partial charge in [-0.2, -0.15) is 0 Å². The van der Waals surface area contributed by atoms with E-state index in [0.29, 0.717) is 0 Å². The zero-order valence-electron chi connectivity index (χ0n) is 10.5. The molecule has 1 heterocycles. The lowest BCUT2D eigenvalue weighted by molar-refractivity contribution is -0.137. The van der Waals surface area contributed by atoms with Crippen molar-refractivity contribution in [1.82, 2.24) is 5.32 Å². The van der Waals surface area contributed by atoms with Crippen LogP contribution in [-0.4, -0.2) is 12.5 Å². The number of morpholine rings is 1. The van der Waals surface area contributed by atoms with Gasteiger partial charge in [0, 0.05) is 0 Å². The Morgan fingerprint density at radius 3 is 2.11 bits per heavy atom. The summed E-state index contributed by atoms with van der Waals surface area (Å²) < 4.78 is 5.73. The Labute approximate surface area is 112 Å². The van der Waals surface area contributed by atoms with Crippen LogP contribution in [0.2, 0.25) is 0 Å². The molecule has 0 radical (unpaired) electrons. The van der Waals surface area contributed by atoms with Crippen LogP contribution in [0.5, 0.6) is 0 Å². The molecule has 19 heavy (non-hydrogen) atoms. The van der Waals surface area contributed by atoms with Crippen LogP contribution < -0.4 is 5.32 Å². The monoisotopic (exact) mass is 253 g/mol. The van der Waals surface area contributed by atoms with Crippen molar-refractivity contribution in [2.24, 2.45) is 0 Å². The normalized spacial score (nSPS) is 22.8. The number of hydrogen-bond donors (Lipinski definition) is 1. The fraction of sp³-hybridized carbons (Fsp3) is 0.188. The molecule has 1 amide bonds. The van der Waals surface area contributed by atoms with Crippen molar-refractivity contribution in [2.45, 2.75) is 12.1 Å². The quantitative estimate of drug-likeness (QED) is 0.893. The summed E-state index contributed by atoms with van der Waals surface area (Å²) in [7, 11) is 0. The molecule has 1 aliphatic heterocycles. The predicted octanol–water partition coefficient (Wildman–Crippen LogP) is 2.62. The molecule has 1 N–H and O–H groups in total.